The number of nitriles is 1. The maximum absolute atomic E-state index is 11.5. The minimum Gasteiger partial charge on any atom is -0.481 e. The van der Waals surface area contributed by atoms with Gasteiger partial charge in [0.15, 0.2) is 0 Å². The number of nitrogens with zero attached hydrogens (tertiary/aromatic N) is 1. The van der Waals surface area contributed by atoms with Gasteiger partial charge in [-0.2, -0.15) is 5.26 Å². The summed E-state index contributed by atoms with van der Waals surface area (Å²) in [5.74, 6) is -2.42. The molecule has 0 rings (SSSR count). The molecule has 0 aromatic carbocycles. The number of carboxylic acid groups (broad SMARTS) is 2. The summed E-state index contributed by atoms with van der Waals surface area (Å²) >= 11 is 0. The normalized spacial score (nSPS) is 15.1. The lowest BCUT2D eigenvalue weighted by atomic mass is 9.60. The van der Waals surface area contributed by atoms with Gasteiger partial charge < -0.3 is 10.2 Å². The van der Waals surface area contributed by atoms with Crippen LogP contribution in [0.1, 0.15) is 40.5 Å². The van der Waals surface area contributed by atoms with Crippen LogP contribution in [0.15, 0.2) is 0 Å². The summed E-state index contributed by atoms with van der Waals surface area (Å²) in [6.45, 7) is 6.58. The van der Waals surface area contributed by atoms with Crippen molar-refractivity contribution in [2.45, 2.75) is 40.5 Å². The van der Waals surface area contributed by atoms with E-state index in [4.69, 9.17) is 10.4 Å². The quantitative estimate of drug-likeness (QED) is 0.742. The second kappa shape index (κ2) is 5.17. The Morgan fingerprint density at radius 1 is 1.29 bits per heavy atom. The Morgan fingerprint density at radius 2 is 1.76 bits per heavy atom. The van der Waals surface area contributed by atoms with Crippen LogP contribution in [0.2, 0.25) is 0 Å². The molecule has 0 amide bonds. The first-order valence-electron chi connectivity index (χ1n) is 5.45. The van der Waals surface area contributed by atoms with Crippen molar-refractivity contribution in [2.24, 2.45) is 16.7 Å². The van der Waals surface area contributed by atoms with Gasteiger partial charge in [-0.1, -0.05) is 13.8 Å². The van der Waals surface area contributed by atoms with E-state index in [2.05, 4.69) is 0 Å². The monoisotopic (exact) mass is 241 g/mol. The zero-order valence-electron chi connectivity index (χ0n) is 10.6. The van der Waals surface area contributed by atoms with Crippen LogP contribution in [0, 0.1) is 28.1 Å². The van der Waals surface area contributed by atoms with Crippen LogP contribution >= 0.6 is 0 Å². The minimum absolute atomic E-state index is 0.00178. The SMILES string of the molecule is CC(C)CC(CC(=O)O)(C(=O)O)C(C)(C)C#N. The molecular formula is C12H19NO4. The zero-order chi connectivity index (χ0) is 13.9. The standard InChI is InChI=1S/C12H19NO4/c1-8(2)5-12(10(16)17,6-9(14)15)11(3,4)7-13/h8H,5-6H2,1-4H3,(H,14,15)(H,16,17). The molecule has 2 N–H and O–H groups in total. The Hall–Kier alpha value is -1.57. The van der Waals surface area contributed by atoms with Crippen LogP contribution in [0.3, 0.4) is 0 Å². The average Bonchev–Trinajstić information content (AvgIpc) is 2.14. The van der Waals surface area contributed by atoms with Crippen molar-refractivity contribution in [1.29, 1.82) is 5.26 Å². The first-order valence-corrected chi connectivity index (χ1v) is 5.45. The van der Waals surface area contributed by atoms with Crippen molar-refractivity contribution >= 4 is 11.9 Å². The zero-order valence-corrected chi connectivity index (χ0v) is 10.6. The molecule has 0 aromatic heterocycles. The molecule has 0 fully saturated rings. The van der Waals surface area contributed by atoms with E-state index in [9.17, 15) is 14.7 Å². The van der Waals surface area contributed by atoms with Gasteiger partial charge >= 0.3 is 11.9 Å². The molecule has 0 aliphatic rings. The topological polar surface area (TPSA) is 98.4 Å². The van der Waals surface area contributed by atoms with Gasteiger partial charge in [-0.05, 0) is 26.2 Å². The van der Waals surface area contributed by atoms with E-state index in [0.29, 0.717) is 0 Å². The van der Waals surface area contributed by atoms with E-state index < -0.39 is 29.2 Å². The van der Waals surface area contributed by atoms with Gasteiger partial charge in [0.25, 0.3) is 0 Å². The lowest BCUT2D eigenvalue weighted by Crippen LogP contribution is -2.46. The van der Waals surface area contributed by atoms with Crippen LogP contribution in [0.4, 0.5) is 0 Å². The number of hydrogen-bond donors (Lipinski definition) is 2. The van der Waals surface area contributed by atoms with E-state index in [-0.39, 0.29) is 12.3 Å². The Bertz CT molecular complexity index is 354. The summed E-state index contributed by atoms with van der Waals surface area (Å²) in [7, 11) is 0. The van der Waals surface area contributed by atoms with Gasteiger partial charge in [0, 0.05) is 0 Å². The Morgan fingerprint density at radius 3 is 2.00 bits per heavy atom. The molecule has 17 heavy (non-hydrogen) atoms. The van der Waals surface area contributed by atoms with E-state index in [0.717, 1.165) is 0 Å². The van der Waals surface area contributed by atoms with Gasteiger partial charge in [0.05, 0.1) is 23.3 Å². The highest BCUT2D eigenvalue weighted by atomic mass is 16.4. The van der Waals surface area contributed by atoms with Gasteiger partial charge in [0.2, 0.25) is 0 Å². The highest BCUT2D eigenvalue weighted by Crippen LogP contribution is 2.46. The molecule has 0 aliphatic carbocycles. The van der Waals surface area contributed by atoms with Crippen molar-refractivity contribution in [3.05, 3.63) is 0 Å². The number of rotatable bonds is 6. The van der Waals surface area contributed by atoms with Crippen LogP contribution in [0.5, 0.6) is 0 Å². The average molecular weight is 241 g/mol. The molecule has 1 unspecified atom stereocenters. The first kappa shape index (κ1) is 15.4. The maximum atomic E-state index is 11.5. The Labute approximate surface area is 101 Å². The summed E-state index contributed by atoms with van der Waals surface area (Å²) < 4.78 is 0. The van der Waals surface area contributed by atoms with Gasteiger partial charge in [-0.25, -0.2) is 0 Å². The number of carbonyl (C=O) groups is 2. The molecule has 0 radical (unpaired) electrons. The second-order valence-corrected chi connectivity index (χ2v) is 5.29. The second-order valence-electron chi connectivity index (χ2n) is 5.29. The van der Waals surface area contributed by atoms with E-state index in [1.54, 1.807) is 0 Å². The summed E-state index contributed by atoms with van der Waals surface area (Å²) in [5, 5.41) is 27.4. The molecule has 0 aliphatic heterocycles. The predicted octanol–water partition coefficient (Wildman–Crippen LogP) is 2.13. The molecule has 0 aromatic rings. The molecule has 1 atom stereocenters. The maximum Gasteiger partial charge on any atom is 0.311 e. The smallest absolute Gasteiger partial charge is 0.311 e. The van der Waals surface area contributed by atoms with Gasteiger partial charge in [-0.15, -0.1) is 0 Å². The van der Waals surface area contributed by atoms with Crippen molar-refractivity contribution in [1.82, 2.24) is 0 Å². The fraction of sp³-hybridized carbons (Fsp3) is 0.750. The van der Waals surface area contributed by atoms with Gasteiger partial charge in [-0.3, -0.25) is 9.59 Å². The molecule has 0 spiro atoms. The van der Waals surface area contributed by atoms with E-state index in [1.807, 2.05) is 19.9 Å². The van der Waals surface area contributed by atoms with Crippen molar-refractivity contribution in [3.63, 3.8) is 0 Å². The van der Waals surface area contributed by atoms with E-state index in [1.165, 1.54) is 13.8 Å². The molecule has 0 saturated heterocycles. The largest absolute Gasteiger partial charge is 0.481 e. The number of carboxylic acids is 2. The molecule has 5 nitrogen and oxygen atoms in total. The van der Waals surface area contributed by atoms with Crippen LogP contribution in [-0.2, 0) is 9.59 Å². The third-order valence-corrected chi connectivity index (χ3v) is 3.09. The summed E-state index contributed by atoms with van der Waals surface area (Å²) in [6.07, 6.45) is -0.379. The molecule has 5 heteroatoms. The molecule has 96 valence electrons. The van der Waals surface area contributed by atoms with Crippen molar-refractivity contribution in [2.75, 3.05) is 0 Å². The Balaban J connectivity index is 5.66. The van der Waals surface area contributed by atoms with Gasteiger partial charge in [0.1, 0.15) is 0 Å². The summed E-state index contributed by atoms with van der Waals surface area (Å²) in [4.78, 5) is 22.4. The third kappa shape index (κ3) is 3.19. The summed E-state index contributed by atoms with van der Waals surface area (Å²) in [6, 6.07) is 1.93. The van der Waals surface area contributed by atoms with Crippen molar-refractivity contribution < 1.29 is 19.8 Å². The molecule has 0 bridgehead atoms. The molecule has 0 saturated carbocycles. The minimum atomic E-state index is -1.55. The highest BCUT2D eigenvalue weighted by molar-refractivity contribution is 5.82. The first-order chi connectivity index (χ1) is 7.59. The van der Waals surface area contributed by atoms with Crippen LogP contribution < -0.4 is 0 Å². The van der Waals surface area contributed by atoms with Crippen LogP contribution in [-0.4, -0.2) is 22.2 Å². The lowest BCUT2D eigenvalue weighted by Gasteiger charge is -2.39. The third-order valence-electron chi connectivity index (χ3n) is 3.09. The molecular weight excluding hydrogens is 222 g/mol. The van der Waals surface area contributed by atoms with E-state index >= 15 is 0 Å². The number of aliphatic carboxylic acids is 2. The van der Waals surface area contributed by atoms with Crippen LogP contribution in [0.25, 0.3) is 0 Å². The predicted molar refractivity (Wildman–Crippen MR) is 61.2 cm³/mol. The van der Waals surface area contributed by atoms with Crippen molar-refractivity contribution in [3.8, 4) is 6.07 Å². The fourth-order valence-corrected chi connectivity index (χ4v) is 2.04. The molecule has 0 heterocycles. The Kier molecular flexibility index (Phi) is 4.70. The fourth-order valence-electron chi connectivity index (χ4n) is 2.04. The highest BCUT2D eigenvalue weighted by Gasteiger charge is 2.53. The number of hydrogen-bond acceptors (Lipinski definition) is 3. The summed E-state index contributed by atoms with van der Waals surface area (Å²) in [5.41, 5.74) is -2.79. The lowest BCUT2D eigenvalue weighted by molar-refractivity contribution is -0.163.